The lowest BCUT2D eigenvalue weighted by Gasteiger charge is -2.27. The van der Waals surface area contributed by atoms with Crippen molar-refractivity contribution >= 4 is 0 Å². The Kier molecular flexibility index (Phi) is 9.99. The van der Waals surface area contributed by atoms with Gasteiger partial charge in [-0.1, -0.05) is 68.8 Å². The molecule has 34 heavy (non-hydrogen) atoms. The van der Waals surface area contributed by atoms with E-state index in [0.717, 1.165) is 78.0 Å². The Labute approximate surface area is 207 Å². The monoisotopic (exact) mass is 464 g/mol. The van der Waals surface area contributed by atoms with Gasteiger partial charge in [0.05, 0.1) is 26.4 Å². The molecule has 2 fully saturated rings. The maximum absolute atomic E-state index is 5.49. The number of ether oxygens (including phenoxy) is 2. The smallest absolute Gasteiger partial charge is 0.0594 e. The van der Waals surface area contributed by atoms with Crippen LogP contribution in [0.25, 0.3) is 0 Å². The van der Waals surface area contributed by atoms with Gasteiger partial charge in [-0.15, -0.1) is 0 Å². The maximum Gasteiger partial charge on any atom is 0.0594 e. The molecule has 0 aromatic heterocycles. The van der Waals surface area contributed by atoms with Gasteiger partial charge in [-0.2, -0.15) is 0 Å². The number of hydrogen-bond acceptors (Lipinski definition) is 4. The summed E-state index contributed by atoms with van der Waals surface area (Å²) < 4.78 is 11.0. The second-order valence-corrected chi connectivity index (χ2v) is 10.3. The summed E-state index contributed by atoms with van der Waals surface area (Å²) >= 11 is 0. The van der Waals surface area contributed by atoms with Gasteiger partial charge in [-0.25, -0.2) is 0 Å². The summed E-state index contributed by atoms with van der Waals surface area (Å²) in [5.41, 5.74) is 5.81. The fourth-order valence-corrected chi connectivity index (χ4v) is 5.16. The van der Waals surface area contributed by atoms with Gasteiger partial charge in [0, 0.05) is 39.3 Å². The molecule has 2 unspecified atom stereocenters. The summed E-state index contributed by atoms with van der Waals surface area (Å²) in [7, 11) is 0. The zero-order chi connectivity index (χ0) is 23.6. The van der Waals surface area contributed by atoms with Crippen molar-refractivity contribution in [2.45, 2.75) is 58.5 Å². The molecule has 2 aromatic rings. The second kappa shape index (κ2) is 13.4. The topological polar surface area (TPSA) is 24.9 Å². The van der Waals surface area contributed by atoms with Crippen LogP contribution < -0.4 is 0 Å². The van der Waals surface area contributed by atoms with Crippen LogP contribution in [0.3, 0.4) is 0 Å². The van der Waals surface area contributed by atoms with Crippen LogP contribution in [0.2, 0.25) is 0 Å². The van der Waals surface area contributed by atoms with E-state index in [0.29, 0.717) is 5.92 Å². The standard InChI is InChI=1S/C30H44N2O2/c1-3-25(2)22-30(29-11-9-28(10-12-29)24-32-16-20-34-21-17-32)13-8-26-4-6-27(7-5-26)23-31-14-18-33-19-15-31/h4-7,9-12,25,30H,3,8,13-24H2,1-2H3. The lowest BCUT2D eigenvalue weighted by Crippen LogP contribution is -2.35. The van der Waals surface area contributed by atoms with E-state index in [1.807, 2.05) is 0 Å². The van der Waals surface area contributed by atoms with Crippen molar-refractivity contribution < 1.29 is 9.47 Å². The zero-order valence-electron chi connectivity index (χ0n) is 21.4. The molecule has 4 heteroatoms. The Bertz CT molecular complexity index is 824. The molecule has 2 heterocycles. The van der Waals surface area contributed by atoms with Crippen LogP contribution in [-0.2, 0) is 29.0 Å². The summed E-state index contributed by atoms with van der Waals surface area (Å²) in [5, 5.41) is 0. The summed E-state index contributed by atoms with van der Waals surface area (Å²) in [6.07, 6.45) is 4.89. The highest BCUT2D eigenvalue weighted by atomic mass is 16.5. The van der Waals surface area contributed by atoms with E-state index in [4.69, 9.17) is 9.47 Å². The van der Waals surface area contributed by atoms with Crippen molar-refractivity contribution in [3.8, 4) is 0 Å². The number of benzene rings is 2. The van der Waals surface area contributed by atoms with Crippen molar-refractivity contribution in [3.63, 3.8) is 0 Å². The average Bonchev–Trinajstić information content (AvgIpc) is 2.89. The number of aryl methyl sites for hydroxylation is 1. The molecule has 4 rings (SSSR count). The van der Waals surface area contributed by atoms with Crippen molar-refractivity contribution in [1.82, 2.24) is 9.80 Å². The maximum atomic E-state index is 5.49. The van der Waals surface area contributed by atoms with Gasteiger partial charge >= 0.3 is 0 Å². The minimum absolute atomic E-state index is 0.625. The highest BCUT2D eigenvalue weighted by molar-refractivity contribution is 5.27. The van der Waals surface area contributed by atoms with E-state index in [1.54, 1.807) is 0 Å². The average molecular weight is 465 g/mol. The summed E-state index contributed by atoms with van der Waals surface area (Å²) in [6, 6.07) is 18.9. The molecule has 2 saturated heterocycles. The third-order valence-corrected chi connectivity index (χ3v) is 7.66. The fraction of sp³-hybridized carbons (Fsp3) is 0.600. The van der Waals surface area contributed by atoms with Crippen LogP contribution in [0.5, 0.6) is 0 Å². The van der Waals surface area contributed by atoms with Gasteiger partial charge in [-0.3, -0.25) is 9.80 Å². The SMILES string of the molecule is CCC(C)CC(CCc1ccc(CN2CCOCC2)cc1)c1ccc(CN2CCOCC2)cc1. The highest BCUT2D eigenvalue weighted by Crippen LogP contribution is 2.30. The van der Waals surface area contributed by atoms with Gasteiger partial charge in [-0.05, 0) is 53.4 Å². The third-order valence-electron chi connectivity index (χ3n) is 7.66. The van der Waals surface area contributed by atoms with Gasteiger partial charge in [0.15, 0.2) is 0 Å². The first-order chi connectivity index (χ1) is 16.7. The number of hydrogen-bond donors (Lipinski definition) is 0. The molecule has 4 nitrogen and oxygen atoms in total. The van der Waals surface area contributed by atoms with Crippen LogP contribution in [-0.4, -0.2) is 62.4 Å². The Morgan fingerprint density at radius 3 is 1.68 bits per heavy atom. The lowest BCUT2D eigenvalue weighted by molar-refractivity contribution is 0.0341. The first-order valence-corrected chi connectivity index (χ1v) is 13.5. The molecule has 0 spiro atoms. The predicted octanol–water partition coefficient (Wildman–Crippen LogP) is 5.50. The summed E-state index contributed by atoms with van der Waals surface area (Å²) in [6.45, 7) is 14.4. The molecular weight excluding hydrogens is 420 g/mol. The highest BCUT2D eigenvalue weighted by Gasteiger charge is 2.17. The van der Waals surface area contributed by atoms with E-state index < -0.39 is 0 Å². The Hall–Kier alpha value is -1.72. The number of morpholine rings is 2. The van der Waals surface area contributed by atoms with Gasteiger partial charge < -0.3 is 9.47 Å². The van der Waals surface area contributed by atoms with Crippen molar-refractivity contribution in [2.24, 2.45) is 5.92 Å². The van der Waals surface area contributed by atoms with Gasteiger partial charge in [0.1, 0.15) is 0 Å². The lowest BCUT2D eigenvalue weighted by atomic mass is 9.84. The van der Waals surface area contributed by atoms with Crippen LogP contribution in [0.4, 0.5) is 0 Å². The molecule has 0 N–H and O–H groups in total. The Morgan fingerprint density at radius 2 is 1.18 bits per heavy atom. The van der Waals surface area contributed by atoms with E-state index in [2.05, 4.69) is 72.2 Å². The van der Waals surface area contributed by atoms with Crippen LogP contribution in [0.1, 0.15) is 61.3 Å². The minimum Gasteiger partial charge on any atom is -0.379 e. The van der Waals surface area contributed by atoms with E-state index in [-0.39, 0.29) is 0 Å². The molecule has 0 amide bonds. The molecule has 0 saturated carbocycles. The van der Waals surface area contributed by atoms with Crippen LogP contribution in [0, 0.1) is 5.92 Å². The molecule has 0 bridgehead atoms. The third kappa shape index (κ3) is 7.91. The molecular formula is C30H44N2O2. The normalized spacial score (nSPS) is 19.7. The van der Waals surface area contributed by atoms with Crippen molar-refractivity contribution in [2.75, 3.05) is 52.6 Å². The fourth-order valence-electron chi connectivity index (χ4n) is 5.16. The summed E-state index contributed by atoms with van der Waals surface area (Å²) in [4.78, 5) is 4.99. The largest absolute Gasteiger partial charge is 0.379 e. The molecule has 2 aliphatic rings. The van der Waals surface area contributed by atoms with Crippen molar-refractivity contribution in [3.05, 3.63) is 70.8 Å². The molecule has 186 valence electrons. The zero-order valence-corrected chi connectivity index (χ0v) is 21.4. The van der Waals surface area contributed by atoms with E-state index in [9.17, 15) is 0 Å². The molecule has 0 aliphatic carbocycles. The van der Waals surface area contributed by atoms with E-state index in [1.165, 1.54) is 41.5 Å². The second-order valence-electron chi connectivity index (χ2n) is 10.3. The first kappa shape index (κ1) is 25.4. The summed E-state index contributed by atoms with van der Waals surface area (Å²) in [5.74, 6) is 1.38. The van der Waals surface area contributed by atoms with E-state index >= 15 is 0 Å². The quantitative estimate of drug-likeness (QED) is 0.438. The minimum atomic E-state index is 0.625. The Morgan fingerprint density at radius 1 is 0.706 bits per heavy atom. The number of rotatable bonds is 11. The van der Waals surface area contributed by atoms with Gasteiger partial charge in [0.2, 0.25) is 0 Å². The van der Waals surface area contributed by atoms with Crippen LogP contribution >= 0.6 is 0 Å². The molecule has 2 atom stereocenters. The van der Waals surface area contributed by atoms with Crippen LogP contribution in [0.15, 0.2) is 48.5 Å². The molecule has 0 radical (unpaired) electrons. The predicted molar refractivity (Wildman–Crippen MR) is 140 cm³/mol. The molecule has 2 aromatic carbocycles. The van der Waals surface area contributed by atoms with Crippen molar-refractivity contribution in [1.29, 1.82) is 0 Å². The molecule has 2 aliphatic heterocycles. The first-order valence-electron chi connectivity index (χ1n) is 13.5. The number of nitrogens with zero attached hydrogens (tertiary/aromatic N) is 2. The Balaban J connectivity index is 1.33. The van der Waals surface area contributed by atoms with Gasteiger partial charge in [0.25, 0.3) is 0 Å².